The van der Waals surface area contributed by atoms with Gasteiger partial charge in [-0.2, -0.15) is 0 Å². The lowest BCUT2D eigenvalue weighted by Crippen LogP contribution is -2.46. The maximum atomic E-state index is 4.49. The third-order valence-corrected chi connectivity index (χ3v) is 5.22. The lowest BCUT2D eigenvalue weighted by atomic mass is 9.97. The Morgan fingerprint density at radius 1 is 1.46 bits per heavy atom. The monoisotopic (exact) mass is 465 g/mol. The Morgan fingerprint density at radius 3 is 2.88 bits per heavy atom. The highest BCUT2D eigenvalue weighted by Crippen LogP contribution is 2.17. The SMILES string of the molecule is CN=C(NCCc1csc(C)n1)NCC1CCCN(C(C)C)C1.I. The van der Waals surface area contributed by atoms with Crippen LogP contribution >= 0.6 is 35.3 Å². The van der Waals surface area contributed by atoms with Crippen LogP contribution in [-0.2, 0) is 6.42 Å². The topological polar surface area (TPSA) is 52.6 Å². The summed E-state index contributed by atoms with van der Waals surface area (Å²) in [7, 11) is 1.84. The summed E-state index contributed by atoms with van der Waals surface area (Å²) in [6, 6.07) is 0.650. The molecule has 5 nitrogen and oxygen atoms in total. The fraction of sp³-hybridized carbons (Fsp3) is 0.765. The highest BCUT2D eigenvalue weighted by atomic mass is 127. The Morgan fingerprint density at radius 2 is 2.25 bits per heavy atom. The van der Waals surface area contributed by atoms with Gasteiger partial charge in [-0.3, -0.25) is 4.99 Å². The molecule has 0 amide bonds. The molecule has 0 saturated carbocycles. The van der Waals surface area contributed by atoms with E-state index in [1.807, 2.05) is 14.0 Å². The van der Waals surface area contributed by atoms with E-state index in [9.17, 15) is 0 Å². The maximum absolute atomic E-state index is 4.49. The summed E-state index contributed by atoms with van der Waals surface area (Å²) < 4.78 is 0. The molecule has 1 aromatic rings. The summed E-state index contributed by atoms with van der Waals surface area (Å²) in [5.74, 6) is 1.62. The Bertz CT molecular complexity index is 503. The number of hydrogen-bond donors (Lipinski definition) is 2. The summed E-state index contributed by atoms with van der Waals surface area (Å²) in [6.07, 6.45) is 3.56. The van der Waals surface area contributed by atoms with Crippen LogP contribution in [0, 0.1) is 12.8 Å². The van der Waals surface area contributed by atoms with Gasteiger partial charge in [-0.15, -0.1) is 35.3 Å². The predicted molar refractivity (Wildman–Crippen MR) is 115 cm³/mol. The second kappa shape index (κ2) is 11.3. The number of aliphatic imine (C=N–C) groups is 1. The van der Waals surface area contributed by atoms with E-state index >= 15 is 0 Å². The van der Waals surface area contributed by atoms with Crippen LogP contribution in [0.1, 0.15) is 37.4 Å². The standard InChI is InChI=1S/C17H31N5S.HI/c1-13(2)22-9-5-6-15(11-22)10-20-17(18-4)19-8-7-16-12-23-14(3)21-16;/h12-13,15H,5-11H2,1-4H3,(H2,18,19,20);1H. The van der Waals surface area contributed by atoms with Gasteiger partial charge in [0, 0.05) is 44.5 Å². The Kier molecular flexibility index (Phi) is 10.1. The minimum atomic E-state index is 0. The molecule has 7 heteroatoms. The van der Waals surface area contributed by atoms with Gasteiger partial charge >= 0.3 is 0 Å². The van der Waals surface area contributed by atoms with Crippen molar-refractivity contribution in [1.29, 1.82) is 0 Å². The average molecular weight is 465 g/mol. The highest BCUT2D eigenvalue weighted by Gasteiger charge is 2.21. The number of nitrogens with zero attached hydrogens (tertiary/aromatic N) is 3. The van der Waals surface area contributed by atoms with E-state index in [4.69, 9.17) is 0 Å². The summed E-state index contributed by atoms with van der Waals surface area (Å²) in [4.78, 5) is 11.4. The first kappa shape index (κ1) is 21.6. The first-order valence-electron chi connectivity index (χ1n) is 8.68. The maximum Gasteiger partial charge on any atom is 0.190 e. The third-order valence-electron chi connectivity index (χ3n) is 4.40. The normalized spacial score (nSPS) is 19.2. The van der Waals surface area contributed by atoms with Crippen LogP contribution in [0.3, 0.4) is 0 Å². The molecule has 2 N–H and O–H groups in total. The lowest BCUT2D eigenvalue weighted by molar-refractivity contribution is 0.141. The highest BCUT2D eigenvalue weighted by molar-refractivity contribution is 14.0. The number of piperidine rings is 1. The van der Waals surface area contributed by atoms with Gasteiger partial charge < -0.3 is 15.5 Å². The smallest absolute Gasteiger partial charge is 0.190 e. The van der Waals surface area contributed by atoms with Crippen molar-refractivity contribution >= 4 is 41.3 Å². The number of likely N-dealkylation sites (tertiary alicyclic amines) is 1. The van der Waals surface area contributed by atoms with Gasteiger partial charge in [-0.1, -0.05) is 0 Å². The number of nitrogens with one attached hydrogen (secondary N) is 2. The van der Waals surface area contributed by atoms with Gasteiger partial charge in [0.25, 0.3) is 0 Å². The van der Waals surface area contributed by atoms with Crippen LogP contribution in [0.25, 0.3) is 0 Å². The minimum Gasteiger partial charge on any atom is -0.356 e. The summed E-state index contributed by atoms with van der Waals surface area (Å²) in [5, 5.41) is 10.1. The van der Waals surface area contributed by atoms with E-state index < -0.39 is 0 Å². The predicted octanol–water partition coefficient (Wildman–Crippen LogP) is 2.90. The summed E-state index contributed by atoms with van der Waals surface area (Å²) >= 11 is 1.71. The van der Waals surface area contributed by atoms with Crippen LogP contribution in [-0.4, -0.2) is 55.1 Å². The zero-order valence-corrected chi connectivity index (χ0v) is 18.5. The second-order valence-electron chi connectivity index (χ2n) is 6.58. The Balaban J connectivity index is 0.00000288. The number of aromatic nitrogens is 1. The number of hydrogen-bond acceptors (Lipinski definition) is 4. The molecule has 1 fully saturated rings. The first-order chi connectivity index (χ1) is 11.1. The molecular weight excluding hydrogens is 433 g/mol. The molecule has 1 atom stereocenters. The van der Waals surface area contributed by atoms with Crippen molar-refractivity contribution in [3.63, 3.8) is 0 Å². The molecule has 1 aromatic heterocycles. The van der Waals surface area contributed by atoms with Crippen LogP contribution in [0.4, 0.5) is 0 Å². The molecule has 0 bridgehead atoms. The van der Waals surface area contributed by atoms with Crippen LogP contribution in [0.2, 0.25) is 0 Å². The molecule has 1 aliphatic heterocycles. The fourth-order valence-electron chi connectivity index (χ4n) is 3.03. The van der Waals surface area contributed by atoms with Gasteiger partial charge in [-0.25, -0.2) is 4.98 Å². The summed E-state index contributed by atoms with van der Waals surface area (Å²) in [6.45, 7) is 10.9. The number of rotatable bonds is 6. The number of thiazole rings is 1. The number of aryl methyl sites for hydroxylation is 1. The van der Waals surface area contributed by atoms with Crippen molar-refractivity contribution in [1.82, 2.24) is 20.5 Å². The van der Waals surface area contributed by atoms with E-state index in [2.05, 4.69) is 44.7 Å². The van der Waals surface area contributed by atoms with Gasteiger partial charge in [-0.05, 0) is 46.1 Å². The molecule has 0 aromatic carbocycles. The first-order valence-corrected chi connectivity index (χ1v) is 9.56. The van der Waals surface area contributed by atoms with Crippen molar-refractivity contribution in [3.8, 4) is 0 Å². The molecule has 0 radical (unpaired) electrons. The fourth-order valence-corrected chi connectivity index (χ4v) is 3.67. The van der Waals surface area contributed by atoms with Crippen molar-refractivity contribution in [2.75, 3.05) is 33.2 Å². The third kappa shape index (κ3) is 7.23. The molecule has 2 rings (SSSR count). The molecule has 0 aliphatic carbocycles. The van der Waals surface area contributed by atoms with E-state index in [1.54, 1.807) is 11.3 Å². The molecule has 1 saturated heterocycles. The van der Waals surface area contributed by atoms with Crippen LogP contribution < -0.4 is 10.6 Å². The van der Waals surface area contributed by atoms with Gasteiger partial charge in [0.1, 0.15) is 0 Å². The van der Waals surface area contributed by atoms with Crippen molar-refractivity contribution in [2.24, 2.45) is 10.9 Å². The van der Waals surface area contributed by atoms with Crippen LogP contribution in [0.5, 0.6) is 0 Å². The van der Waals surface area contributed by atoms with Gasteiger partial charge in [0.05, 0.1) is 10.7 Å². The Labute approximate surface area is 167 Å². The molecule has 138 valence electrons. The Hall–Kier alpha value is -0.410. The molecule has 24 heavy (non-hydrogen) atoms. The lowest BCUT2D eigenvalue weighted by Gasteiger charge is -2.35. The largest absolute Gasteiger partial charge is 0.356 e. The second-order valence-corrected chi connectivity index (χ2v) is 7.65. The van der Waals surface area contributed by atoms with Crippen molar-refractivity contribution in [2.45, 2.75) is 46.1 Å². The minimum absolute atomic E-state index is 0. The molecule has 1 unspecified atom stereocenters. The van der Waals surface area contributed by atoms with Crippen molar-refractivity contribution < 1.29 is 0 Å². The summed E-state index contributed by atoms with van der Waals surface area (Å²) in [5.41, 5.74) is 1.16. The van der Waals surface area contributed by atoms with E-state index in [-0.39, 0.29) is 24.0 Å². The molecular formula is C17H32IN5S. The van der Waals surface area contributed by atoms with Gasteiger partial charge in [0.15, 0.2) is 5.96 Å². The zero-order valence-electron chi connectivity index (χ0n) is 15.3. The number of guanidine groups is 1. The van der Waals surface area contributed by atoms with E-state index in [0.717, 1.165) is 36.2 Å². The van der Waals surface area contributed by atoms with E-state index in [0.29, 0.717) is 12.0 Å². The molecule has 2 heterocycles. The van der Waals surface area contributed by atoms with Gasteiger partial charge in [0.2, 0.25) is 0 Å². The molecule has 0 spiro atoms. The van der Waals surface area contributed by atoms with Crippen molar-refractivity contribution in [3.05, 3.63) is 16.1 Å². The zero-order chi connectivity index (χ0) is 16.7. The van der Waals surface area contributed by atoms with E-state index in [1.165, 1.54) is 25.9 Å². The van der Waals surface area contributed by atoms with Crippen LogP contribution in [0.15, 0.2) is 10.4 Å². The number of halogens is 1. The molecule has 1 aliphatic rings. The average Bonchev–Trinajstić information content (AvgIpc) is 2.96. The quantitative estimate of drug-likeness (QED) is 0.386.